The standard InChI is InChI=1S/C14H8FNO3/c15-7-1-2-10-8(3-7)14(17)9-4-12-13(19-6-18-12)5-11(9)16-10/h1-5H,6H2,(H,16,17). The van der Waals surface area contributed by atoms with Crippen LogP contribution in [0.1, 0.15) is 0 Å². The van der Waals surface area contributed by atoms with Crippen LogP contribution in [-0.4, -0.2) is 11.8 Å². The summed E-state index contributed by atoms with van der Waals surface area (Å²) in [6, 6.07) is 7.45. The van der Waals surface area contributed by atoms with Crippen LogP contribution in [-0.2, 0) is 0 Å². The van der Waals surface area contributed by atoms with Gasteiger partial charge in [-0.05, 0) is 24.3 Å². The summed E-state index contributed by atoms with van der Waals surface area (Å²) in [4.78, 5) is 15.5. The Balaban J connectivity index is 2.19. The highest BCUT2D eigenvalue weighted by molar-refractivity contribution is 5.94. The predicted molar refractivity (Wildman–Crippen MR) is 68.2 cm³/mol. The van der Waals surface area contributed by atoms with E-state index in [2.05, 4.69) is 4.98 Å². The van der Waals surface area contributed by atoms with E-state index in [9.17, 15) is 9.18 Å². The molecule has 1 aliphatic rings. The van der Waals surface area contributed by atoms with E-state index < -0.39 is 5.82 Å². The molecule has 4 nitrogen and oxygen atoms in total. The highest BCUT2D eigenvalue weighted by Gasteiger charge is 2.16. The fourth-order valence-corrected chi connectivity index (χ4v) is 2.34. The number of rotatable bonds is 0. The summed E-state index contributed by atoms with van der Waals surface area (Å²) in [5, 5.41) is 0.786. The van der Waals surface area contributed by atoms with Gasteiger partial charge in [0.1, 0.15) is 5.82 Å². The maximum absolute atomic E-state index is 13.2. The van der Waals surface area contributed by atoms with E-state index in [-0.39, 0.29) is 12.2 Å². The molecule has 5 heteroatoms. The first-order valence-electron chi connectivity index (χ1n) is 5.77. The Bertz CT molecular complexity index is 885. The maximum Gasteiger partial charge on any atom is 0.231 e. The smallest absolute Gasteiger partial charge is 0.231 e. The third kappa shape index (κ3) is 1.41. The zero-order valence-corrected chi connectivity index (χ0v) is 9.70. The van der Waals surface area contributed by atoms with Crippen LogP contribution in [0.3, 0.4) is 0 Å². The molecular weight excluding hydrogens is 249 g/mol. The minimum absolute atomic E-state index is 0.147. The highest BCUT2D eigenvalue weighted by Crippen LogP contribution is 2.35. The van der Waals surface area contributed by atoms with Crippen molar-refractivity contribution in [2.24, 2.45) is 0 Å². The monoisotopic (exact) mass is 257 g/mol. The van der Waals surface area contributed by atoms with Gasteiger partial charge in [-0.15, -0.1) is 0 Å². The molecule has 0 amide bonds. The first-order valence-corrected chi connectivity index (χ1v) is 5.77. The third-order valence-corrected chi connectivity index (χ3v) is 3.25. The van der Waals surface area contributed by atoms with Gasteiger partial charge in [-0.1, -0.05) is 0 Å². The molecule has 1 N–H and O–H groups in total. The molecule has 3 aromatic rings. The van der Waals surface area contributed by atoms with Crippen molar-refractivity contribution in [3.05, 3.63) is 46.4 Å². The quantitative estimate of drug-likeness (QED) is 0.630. The molecule has 0 saturated carbocycles. The van der Waals surface area contributed by atoms with E-state index in [1.54, 1.807) is 18.2 Å². The fraction of sp³-hybridized carbons (Fsp3) is 0.0714. The van der Waals surface area contributed by atoms with Gasteiger partial charge in [0.15, 0.2) is 16.9 Å². The van der Waals surface area contributed by atoms with Crippen molar-refractivity contribution < 1.29 is 13.9 Å². The average Bonchev–Trinajstić information content (AvgIpc) is 2.85. The molecule has 0 aliphatic carbocycles. The van der Waals surface area contributed by atoms with Gasteiger partial charge in [0.05, 0.1) is 10.9 Å². The summed E-state index contributed by atoms with van der Waals surface area (Å²) in [6.45, 7) is 0.147. The van der Waals surface area contributed by atoms with E-state index in [1.807, 2.05) is 0 Å². The van der Waals surface area contributed by atoms with Crippen LogP contribution in [0.4, 0.5) is 4.39 Å². The summed E-state index contributed by atoms with van der Waals surface area (Å²) in [7, 11) is 0. The lowest BCUT2D eigenvalue weighted by atomic mass is 10.1. The van der Waals surface area contributed by atoms with Gasteiger partial charge in [-0.25, -0.2) is 4.39 Å². The summed E-state index contributed by atoms with van der Waals surface area (Å²) < 4.78 is 23.8. The summed E-state index contributed by atoms with van der Waals surface area (Å²) in [5.41, 5.74) is 1.02. The molecule has 0 atom stereocenters. The Morgan fingerprint density at radius 1 is 1.00 bits per heavy atom. The summed E-state index contributed by atoms with van der Waals surface area (Å²) in [5.74, 6) is 0.705. The number of halogens is 1. The topological polar surface area (TPSA) is 51.3 Å². The summed E-state index contributed by atoms with van der Waals surface area (Å²) >= 11 is 0. The molecule has 0 radical (unpaired) electrons. The Kier molecular flexibility index (Phi) is 1.90. The molecule has 0 bridgehead atoms. The van der Waals surface area contributed by atoms with Gasteiger partial charge in [0, 0.05) is 17.0 Å². The van der Waals surface area contributed by atoms with E-state index in [0.29, 0.717) is 33.3 Å². The minimum Gasteiger partial charge on any atom is -0.454 e. The van der Waals surface area contributed by atoms with E-state index >= 15 is 0 Å². The van der Waals surface area contributed by atoms with Crippen molar-refractivity contribution in [3.8, 4) is 11.5 Å². The van der Waals surface area contributed by atoms with Gasteiger partial charge in [0.2, 0.25) is 6.79 Å². The normalized spacial score (nSPS) is 13.3. The first kappa shape index (κ1) is 10.4. The Labute approximate surface area is 106 Å². The van der Waals surface area contributed by atoms with Crippen molar-refractivity contribution >= 4 is 21.8 Å². The Hall–Kier alpha value is -2.56. The average molecular weight is 257 g/mol. The lowest BCUT2D eigenvalue weighted by Gasteiger charge is -2.04. The van der Waals surface area contributed by atoms with Gasteiger partial charge >= 0.3 is 0 Å². The van der Waals surface area contributed by atoms with Crippen LogP contribution in [0.25, 0.3) is 21.8 Å². The molecule has 19 heavy (non-hydrogen) atoms. The molecule has 1 aliphatic heterocycles. The second-order valence-corrected chi connectivity index (χ2v) is 4.40. The Morgan fingerprint density at radius 2 is 1.74 bits per heavy atom. The Morgan fingerprint density at radius 3 is 2.58 bits per heavy atom. The van der Waals surface area contributed by atoms with Crippen molar-refractivity contribution in [1.82, 2.24) is 4.98 Å². The van der Waals surface area contributed by atoms with Crippen molar-refractivity contribution in [2.45, 2.75) is 0 Å². The van der Waals surface area contributed by atoms with Crippen LogP contribution >= 0.6 is 0 Å². The molecule has 2 aromatic carbocycles. The van der Waals surface area contributed by atoms with Gasteiger partial charge in [-0.3, -0.25) is 4.79 Å². The SMILES string of the molecule is O=c1c2cc(F)ccc2[nH]c2cc3c(cc12)OCO3. The number of hydrogen-bond donors (Lipinski definition) is 1. The molecular formula is C14H8FNO3. The largest absolute Gasteiger partial charge is 0.454 e. The maximum atomic E-state index is 13.2. The number of ether oxygens (including phenoxy) is 2. The highest BCUT2D eigenvalue weighted by atomic mass is 19.1. The van der Waals surface area contributed by atoms with Gasteiger partial charge < -0.3 is 14.5 Å². The third-order valence-electron chi connectivity index (χ3n) is 3.25. The van der Waals surface area contributed by atoms with E-state index in [4.69, 9.17) is 9.47 Å². The van der Waals surface area contributed by atoms with Crippen LogP contribution in [0.5, 0.6) is 11.5 Å². The zero-order chi connectivity index (χ0) is 13.0. The number of H-pyrrole nitrogens is 1. The number of aromatic amines is 1. The van der Waals surface area contributed by atoms with Crippen molar-refractivity contribution in [1.29, 1.82) is 0 Å². The molecule has 4 rings (SSSR count). The van der Waals surface area contributed by atoms with Crippen molar-refractivity contribution in [2.75, 3.05) is 6.79 Å². The number of aromatic nitrogens is 1. The molecule has 0 saturated heterocycles. The number of hydrogen-bond acceptors (Lipinski definition) is 3. The number of fused-ring (bicyclic) bond motifs is 3. The molecule has 1 aromatic heterocycles. The van der Waals surface area contributed by atoms with Crippen LogP contribution < -0.4 is 14.9 Å². The van der Waals surface area contributed by atoms with Crippen LogP contribution in [0.15, 0.2) is 35.1 Å². The van der Waals surface area contributed by atoms with E-state index in [1.165, 1.54) is 12.1 Å². The number of benzene rings is 2. The van der Waals surface area contributed by atoms with Crippen molar-refractivity contribution in [3.63, 3.8) is 0 Å². The second-order valence-electron chi connectivity index (χ2n) is 4.40. The fourth-order valence-electron chi connectivity index (χ4n) is 2.34. The zero-order valence-electron chi connectivity index (χ0n) is 9.70. The second kappa shape index (κ2) is 3.47. The summed E-state index contributed by atoms with van der Waals surface area (Å²) in [6.07, 6.45) is 0. The first-order chi connectivity index (χ1) is 9.22. The molecule has 2 heterocycles. The van der Waals surface area contributed by atoms with E-state index in [0.717, 1.165) is 0 Å². The minimum atomic E-state index is -0.432. The van der Waals surface area contributed by atoms with Crippen LogP contribution in [0, 0.1) is 5.82 Å². The molecule has 0 fully saturated rings. The van der Waals surface area contributed by atoms with Gasteiger partial charge in [0.25, 0.3) is 0 Å². The number of nitrogens with one attached hydrogen (secondary N) is 1. The van der Waals surface area contributed by atoms with Gasteiger partial charge in [-0.2, -0.15) is 0 Å². The van der Waals surface area contributed by atoms with Crippen LogP contribution in [0.2, 0.25) is 0 Å². The number of pyridine rings is 1. The lowest BCUT2D eigenvalue weighted by molar-refractivity contribution is 0.174. The lowest BCUT2D eigenvalue weighted by Crippen LogP contribution is -2.04. The molecule has 0 spiro atoms. The molecule has 0 unspecified atom stereocenters. The predicted octanol–water partition coefficient (Wildman–Crippen LogP) is 2.55. The molecule has 94 valence electrons.